The number of nitrogens with one attached hydrogen (secondary N) is 1. The molecule has 0 spiro atoms. The van der Waals surface area contributed by atoms with E-state index < -0.39 is 15.9 Å². The van der Waals surface area contributed by atoms with Crippen LogP contribution < -0.4 is 5.32 Å². The highest BCUT2D eigenvalue weighted by Crippen LogP contribution is 2.18. The van der Waals surface area contributed by atoms with Crippen molar-refractivity contribution in [3.63, 3.8) is 0 Å². The van der Waals surface area contributed by atoms with Crippen molar-refractivity contribution in [3.05, 3.63) is 67.1 Å². The van der Waals surface area contributed by atoms with Crippen LogP contribution in [0.4, 0.5) is 0 Å². The van der Waals surface area contributed by atoms with E-state index in [2.05, 4.69) is 11.9 Å². The van der Waals surface area contributed by atoms with Crippen LogP contribution in [0.5, 0.6) is 0 Å². The Morgan fingerprint density at radius 2 is 1.96 bits per heavy atom. The molecule has 0 unspecified atom stereocenters. The molecule has 2 aromatic rings. The van der Waals surface area contributed by atoms with Gasteiger partial charge < -0.3 is 9.73 Å². The zero-order valence-corrected chi connectivity index (χ0v) is 13.3. The molecule has 1 aromatic heterocycles. The fraction of sp³-hybridized carbons (Fsp3) is 0.188. The van der Waals surface area contributed by atoms with Gasteiger partial charge in [-0.3, -0.25) is 4.79 Å². The summed E-state index contributed by atoms with van der Waals surface area (Å²) in [7, 11) is -3.81. The van der Waals surface area contributed by atoms with E-state index in [0.29, 0.717) is 5.76 Å². The Morgan fingerprint density at radius 3 is 2.57 bits per heavy atom. The summed E-state index contributed by atoms with van der Waals surface area (Å²) < 4.78 is 31.8. The Balaban J connectivity index is 2.25. The smallest absolute Gasteiger partial charge is 0.243 e. The lowest BCUT2D eigenvalue weighted by Gasteiger charge is -2.20. The normalized spacial score (nSPS) is 11.3. The molecular formula is C16H18N2O4S. The number of amides is 1. The number of sulfonamides is 1. The van der Waals surface area contributed by atoms with Crippen LogP contribution in [0.15, 0.2) is 70.7 Å². The molecule has 7 heteroatoms. The van der Waals surface area contributed by atoms with E-state index in [1.165, 1.54) is 24.5 Å². The number of carbonyl (C=O) groups excluding carboxylic acids is 1. The lowest BCUT2D eigenvalue weighted by molar-refractivity contribution is -0.121. The summed E-state index contributed by atoms with van der Waals surface area (Å²) in [6, 6.07) is 11.3. The molecule has 122 valence electrons. The van der Waals surface area contributed by atoms with Crippen molar-refractivity contribution in [2.75, 3.05) is 13.1 Å². The van der Waals surface area contributed by atoms with Crippen LogP contribution in [-0.4, -0.2) is 31.7 Å². The fourth-order valence-electron chi connectivity index (χ4n) is 1.95. The topological polar surface area (TPSA) is 79.6 Å². The van der Waals surface area contributed by atoms with Gasteiger partial charge in [-0.15, -0.1) is 6.58 Å². The highest BCUT2D eigenvalue weighted by atomic mass is 32.2. The van der Waals surface area contributed by atoms with Crippen LogP contribution in [-0.2, 0) is 21.4 Å². The number of furan rings is 1. The van der Waals surface area contributed by atoms with Crippen molar-refractivity contribution < 1.29 is 17.6 Å². The Hall–Kier alpha value is -2.38. The third kappa shape index (κ3) is 4.54. The van der Waals surface area contributed by atoms with E-state index in [4.69, 9.17) is 4.42 Å². The van der Waals surface area contributed by atoms with Crippen molar-refractivity contribution in [1.29, 1.82) is 0 Å². The molecule has 1 N–H and O–H groups in total. The van der Waals surface area contributed by atoms with Gasteiger partial charge in [-0.1, -0.05) is 24.3 Å². The number of benzene rings is 1. The Labute approximate surface area is 135 Å². The van der Waals surface area contributed by atoms with Crippen molar-refractivity contribution in [3.8, 4) is 0 Å². The van der Waals surface area contributed by atoms with Gasteiger partial charge in [0, 0.05) is 6.54 Å². The summed E-state index contributed by atoms with van der Waals surface area (Å²) in [6.07, 6.45) is 2.99. The van der Waals surface area contributed by atoms with Gasteiger partial charge in [0.1, 0.15) is 5.76 Å². The van der Waals surface area contributed by atoms with Crippen molar-refractivity contribution in [2.45, 2.75) is 11.4 Å². The van der Waals surface area contributed by atoms with E-state index in [1.807, 2.05) is 0 Å². The van der Waals surface area contributed by atoms with E-state index in [1.54, 1.807) is 30.3 Å². The van der Waals surface area contributed by atoms with Crippen LogP contribution in [0.3, 0.4) is 0 Å². The minimum Gasteiger partial charge on any atom is -0.468 e. The minimum atomic E-state index is -3.81. The second kappa shape index (κ2) is 7.75. The molecular weight excluding hydrogens is 316 g/mol. The van der Waals surface area contributed by atoms with Crippen LogP contribution in [0.1, 0.15) is 5.76 Å². The first kappa shape index (κ1) is 17.0. The fourth-order valence-corrected chi connectivity index (χ4v) is 3.33. The lowest BCUT2D eigenvalue weighted by atomic mass is 10.4. The van der Waals surface area contributed by atoms with Crippen LogP contribution in [0.25, 0.3) is 0 Å². The van der Waals surface area contributed by atoms with E-state index >= 15 is 0 Å². The monoisotopic (exact) mass is 334 g/mol. The molecule has 1 heterocycles. The maximum Gasteiger partial charge on any atom is 0.243 e. The highest BCUT2D eigenvalue weighted by Gasteiger charge is 2.27. The molecule has 0 aliphatic heterocycles. The molecule has 1 amide bonds. The summed E-state index contributed by atoms with van der Waals surface area (Å²) in [6.45, 7) is 3.46. The van der Waals surface area contributed by atoms with Crippen LogP contribution in [0, 0.1) is 0 Å². The minimum absolute atomic E-state index is 0.0221. The predicted octanol–water partition coefficient (Wildman–Crippen LogP) is 1.77. The van der Waals surface area contributed by atoms with Crippen molar-refractivity contribution in [1.82, 2.24) is 9.62 Å². The van der Waals surface area contributed by atoms with Gasteiger partial charge in [-0.05, 0) is 24.3 Å². The maximum absolute atomic E-state index is 12.8. The predicted molar refractivity (Wildman–Crippen MR) is 86.0 cm³/mol. The molecule has 0 aliphatic carbocycles. The number of hydrogen-bond donors (Lipinski definition) is 1. The second-order valence-electron chi connectivity index (χ2n) is 4.76. The third-order valence-electron chi connectivity index (χ3n) is 3.06. The molecule has 0 saturated heterocycles. The van der Waals surface area contributed by atoms with Gasteiger partial charge in [-0.25, -0.2) is 8.42 Å². The zero-order chi connectivity index (χ0) is 16.7. The van der Waals surface area contributed by atoms with E-state index in [-0.39, 0.29) is 24.5 Å². The molecule has 2 rings (SSSR count). The molecule has 0 saturated carbocycles. The zero-order valence-electron chi connectivity index (χ0n) is 12.5. The Kier molecular flexibility index (Phi) is 5.72. The third-order valence-corrected chi connectivity index (χ3v) is 4.86. The molecule has 0 aliphatic rings. The molecule has 0 atom stereocenters. The summed E-state index contributed by atoms with van der Waals surface area (Å²) >= 11 is 0. The summed E-state index contributed by atoms with van der Waals surface area (Å²) in [4.78, 5) is 12.1. The van der Waals surface area contributed by atoms with E-state index in [0.717, 1.165) is 4.31 Å². The first-order valence-corrected chi connectivity index (χ1v) is 8.43. The van der Waals surface area contributed by atoms with Gasteiger partial charge in [-0.2, -0.15) is 4.31 Å². The summed E-state index contributed by atoms with van der Waals surface area (Å²) in [5.74, 6) is 0.0528. The largest absolute Gasteiger partial charge is 0.468 e. The SMILES string of the molecule is C=CCNC(=O)CN(Cc1ccco1)S(=O)(=O)c1ccccc1. The van der Waals surface area contributed by atoms with E-state index in [9.17, 15) is 13.2 Å². The first-order chi connectivity index (χ1) is 11.0. The molecule has 0 bridgehead atoms. The van der Waals surface area contributed by atoms with Gasteiger partial charge in [0.05, 0.1) is 24.2 Å². The molecule has 1 aromatic carbocycles. The number of rotatable bonds is 8. The summed E-state index contributed by atoms with van der Waals surface area (Å²) in [5.41, 5.74) is 0. The van der Waals surface area contributed by atoms with Gasteiger partial charge in [0.15, 0.2) is 0 Å². The lowest BCUT2D eigenvalue weighted by Crippen LogP contribution is -2.40. The average Bonchev–Trinajstić information content (AvgIpc) is 3.06. The maximum atomic E-state index is 12.8. The number of carbonyl (C=O) groups is 1. The quantitative estimate of drug-likeness (QED) is 0.746. The van der Waals surface area contributed by atoms with Gasteiger partial charge in [0.2, 0.25) is 15.9 Å². The van der Waals surface area contributed by atoms with Crippen molar-refractivity contribution in [2.24, 2.45) is 0 Å². The molecule has 6 nitrogen and oxygen atoms in total. The molecule has 0 fully saturated rings. The summed E-state index contributed by atoms with van der Waals surface area (Å²) in [5, 5.41) is 2.57. The van der Waals surface area contributed by atoms with Gasteiger partial charge in [0.25, 0.3) is 0 Å². The molecule has 0 radical (unpaired) electrons. The van der Waals surface area contributed by atoms with Crippen LogP contribution >= 0.6 is 0 Å². The average molecular weight is 334 g/mol. The van der Waals surface area contributed by atoms with Crippen LogP contribution in [0.2, 0.25) is 0 Å². The second-order valence-corrected chi connectivity index (χ2v) is 6.70. The Bertz CT molecular complexity index is 740. The number of nitrogens with zero attached hydrogens (tertiary/aromatic N) is 1. The Morgan fingerprint density at radius 1 is 1.22 bits per heavy atom. The standard InChI is InChI=1S/C16H18N2O4S/c1-2-10-17-16(19)13-18(12-14-7-6-11-22-14)23(20,21)15-8-4-3-5-9-15/h2-9,11H,1,10,12-13H2,(H,17,19). The number of hydrogen-bond acceptors (Lipinski definition) is 4. The highest BCUT2D eigenvalue weighted by molar-refractivity contribution is 7.89. The van der Waals surface area contributed by atoms with Crippen molar-refractivity contribution >= 4 is 15.9 Å². The van der Waals surface area contributed by atoms with Gasteiger partial charge >= 0.3 is 0 Å². The first-order valence-electron chi connectivity index (χ1n) is 6.99. The molecule has 23 heavy (non-hydrogen) atoms.